The number of Topliss-reactive ketones (excluding diaryl/α,β-unsaturated/α-hetero) is 1. The molecule has 9 heteroatoms. The monoisotopic (exact) mass is 362 g/mol. The zero-order valence-electron chi connectivity index (χ0n) is 12.9. The number of ketones is 1. The number of anilines is 1. The Morgan fingerprint density at radius 2 is 1.84 bits per heavy atom. The van der Waals surface area contributed by atoms with Crippen LogP contribution in [0, 0.1) is 10.1 Å². The summed E-state index contributed by atoms with van der Waals surface area (Å²) in [7, 11) is 0. The molecule has 1 N–H and O–H groups in total. The third-order valence-corrected chi connectivity index (χ3v) is 3.86. The van der Waals surface area contributed by atoms with Crippen molar-refractivity contribution in [1.82, 2.24) is 0 Å². The van der Waals surface area contributed by atoms with E-state index in [9.17, 15) is 19.7 Å². The number of nitrogens with one attached hydrogen (secondary N) is 1. The molecule has 0 saturated carbocycles. The summed E-state index contributed by atoms with van der Waals surface area (Å²) in [5.41, 5.74) is 0.292. The van der Waals surface area contributed by atoms with Crippen molar-refractivity contribution < 1.29 is 24.0 Å². The number of rotatable bonds is 4. The van der Waals surface area contributed by atoms with Gasteiger partial charge in [0.2, 0.25) is 6.79 Å². The summed E-state index contributed by atoms with van der Waals surface area (Å²) in [4.78, 5) is 34.4. The van der Waals surface area contributed by atoms with Gasteiger partial charge in [-0.05, 0) is 19.1 Å². The number of nitro benzene ring substituents is 1. The van der Waals surface area contributed by atoms with Crippen molar-refractivity contribution in [3.8, 4) is 11.5 Å². The Balaban J connectivity index is 1.93. The van der Waals surface area contributed by atoms with Gasteiger partial charge < -0.3 is 14.8 Å². The zero-order valence-corrected chi connectivity index (χ0v) is 13.6. The molecule has 0 radical (unpaired) electrons. The van der Waals surface area contributed by atoms with Gasteiger partial charge in [-0.1, -0.05) is 11.6 Å². The molecule has 25 heavy (non-hydrogen) atoms. The standard InChI is InChI=1S/C16H11ClN2O6/c1-8(20)11-5-14-15(25-7-24-14)6-13(11)18-16(21)10-3-2-9(19(22)23)4-12(10)17/h2-6H,7H2,1H3,(H,18,21). The van der Waals surface area contributed by atoms with E-state index in [4.69, 9.17) is 21.1 Å². The van der Waals surface area contributed by atoms with Gasteiger partial charge in [-0.25, -0.2) is 0 Å². The summed E-state index contributed by atoms with van der Waals surface area (Å²) in [6, 6.07) is 6.47. The minimum absolute atomic E-state index is 0.0261. The first kappa shape index (κ1) is 16.7. The SMILES string of the molecule is CC(=O)c1cc2c(cc1NC(=O)c1ccc([N+](=O)[O-])cc1Cl)OCO2. The number of benzene rings is 2. The maximum atomic E-state index is 12.4. The average Bonchev–Trinajstić information content (AvgIpc) is 3.00. The molecule has 2 aromatic rings. The van der Waals surface area contributed by atoms with Crippen molar-refractivity contribution in [2.75, 3.05) is 12.1 Å². The van der Waals surface area contributed by atoms with Crippen molar-refractivity contribution in [2.45, 2.75) is 6.92 Å². The van der Waals surface area contributed by atoms with Gasteiger partial charge in [0, 0.05) is 23.8 Å². The Bertz CT molecular complexity index is 912. The van der Waals surface area contributed by atoms with Gasteiger partial charge in [-0.3, -0.25) is 19.7 Å². The molecule has 3 rings (SSSR count). The van der Waals surface area contributed by atoms with Crippen LogP contribution in [0.4, 0.5) is 11.4 Å². The van der Waals surface area contributed by atoms with E-state index in [0.717, 1.165) is 6.07 Å². The summed E-state index contributed by atoms with van der Waals surface area (Å²) in [5, 5.41) is 13.2. The van der Waals surface area contributed by atoms with Crippen LogP contribution in [-0.2, 0) is 0 Å². The Morgan fingerprint density at radius 1 is 1.16 bits per heavy atom. The molecule has 0 atom stereocenters. The lowest BCUT2D eigenvalue weighted by Crippen LogP contribution is -2.15. The average molecular weight is 363 g/mol. The fourth-order valence-corrected chi connectivity index (χ4v) is 2.59. The zero-order chi connectivity index (χ0) is 18.1. The van der Waals surface area contributed by atoms with Gasteiger partial charge in [0.15, 0.2) is 17.3 Å². The van der Waals surface area contributed by atoms with E-state index in [0.29, 0.717) is 11.5 Å². The fraction of sp³-hybridized carbons (Fsp3) is 0.125. The summed E-state index contributed by atoms with van der Waals surface area (Å²) in [5.74, 6) is -0.0728. The molecule has 0 saturated heterocycles. The smallest absolute Gasteiger partial charge is 0.270 e. The lowest BCUT2D eigenvalue weighted by molar-refractivity contribution is -0.384. The Kier molecular flexibility index (Phi) is 4.28. The van der Waals surface area contributed by atoms with Crippen LogP contribution in [0.15, 0.2) is 30.3 Å². The molecule has 0 unspecified atom stereocenters. The van der Waals surface area contributed by atoms with Crippen LogP contribution in [-0.4, -0.2) is 23.4 Å². The molecular formula is C16H11ClN2O6. The first-order valence-corrected chi connectivity index (χ1v) is 7.44. The van der Waals surface area contributed by atoms with E-state index >= 15 is 0 Å². The van der Waals surface area contributed by atoms with Gasteiger partial charge in [0.05, 0.1) is 21.2 Å². The summed E-state index contributed by atoms with van der Waals surface area (Å²) >= 11 is 5.95. The van der Waals surface area contributed by atoms with Crippen molar-refractivity contribution in [3.05, 3.63) is 56.6 Å². The van der Waals surface area contributed by atoms with Gasteiger partial charge in [0.25, 0.3) is 11.6 Å². The van der Waals surface area contributed by atoms with Gasteiger partial charge in [0.1, 0.15) is 0 Å². The number of fused-ring (bicyclic) bond motifs is 1. The Labute approximate surface area is 146 Å². The largest absolute Gasteiger partial charge is 0.454 e. The van der Waals surface area contributed by atoms with E-state index in [-0.39, 0.29) is 40.1 Å². The highest BCUT2D eigenvalue weighted by Crippen LogP contribution is 2.37. The van der Waals surface area contributed by atoms with E-state index in [1.54, 1.807) is 0 Å². The second-order valence-corrected chi connectivity index (χ2v) is 5.59. The summed E-state index contributed by atoms with van der Waals surface area (Å²) < 4.78 is 10.5. The van der Waals surface area contributed by atoms with Crippen LogP contribution in [0.5, 0.6) is 11.5 Å². The Morgan fingerprint density at radius 3 is 2.44 bits per heavy atom. The molecule has 1 aliphatic heterocycles. The molecule has 0 fully saturated rings. The fourth-order valence-electron chi connectivity index (χ4n) is 2.33. The minimum Gasteiger partial charge on any atom is -0.454 e. The number of hydrogen-bond donors (Lipinski definition) is 1. The molecule has 0 aromatic heterocycles. The number of carbonyl (C=O) groups is 2. The maximum Gasteiger partial charge on any atom is 0.270 e. The first-order chi connectivity index (χ1) is 11.9. The predicted octanol–water partition coefficient (Wildman–Crippen LogP) is 3.43. The number of nitrogens with zero attached hydrogens (tertiary/aromatic N) is 1. The molecule has 1 amide bonds. The van der Waals surface area contributed by atoms with E-state index < -0.39 is 10.8 Å². The van der Waals surface area contributed by atoms with Crippen LogP contribution in [0.2, 0.25) is 5.02 Å². The molecule has 0 spiro atoms. The van der Waals surface area contributed by atoms with Gasteiger partial charge >= 0.3 is 0 Å². The third-order valence-electron chi connectivity index (χ3n) is 3.55. The highest BCUT2D eigenvalue weighted by molar-refractivity contribution is 6.34. The molecule has 8 nitrogen and oxygen atoms in total. The molecule has 0 bridgehead atoms. The van der Waals surface area contributed by atoms with Crippen LogP contribution in [0.3, 0.4) is 0 Å². The number of carbonyl (C=O) groups excluding carboxylic acids is 2. The maximum absolute atomic E-state index is 12.4. The predicted molar refractivity (Wildman–Crippen MR) is 88.6 cm³/mol. The summed E-state index contributed by atoms with van der Waals surface area (Å²) in [6.07, 6.45) is 0. The molecule has 1 heterocycles. The second kappa shape index (κ2) is 6.40. The van der Waals surface area contributed by atoms with Crippen molar-refractivity contribution in [1.29, 1.82) is 0 Å². The quantitative estimate of drug-likeness (QED) is 0.507. The number of amides is 1. The highest BCUT2D eigenvalue weighted by atomic mass is 35.5. The number of nitro groups is 1. The molecule has 128 valence electrons. The van der Waals surface area contributed by atoms with Gasteiger partial charge in [-0.2, -0.15) is 0 Å². The van der Waals surface area contributed by atoms with Crippen molar-refractivity contribution in [2.24, 2.45) is 0 Å². The van der Waals surface area contributed by atoms with Gasteiger partial charge in [-0.15, -0.1) is 0 Å². The molecular weight excluding hydrogens is 352 g/mol. The minimum atomic E-state index is -0.612. The lowest BCUT2D eigenvalue weighted by atomic mass is 10.1. The lowest BCUT2D eigenvalue weighted by Gasteiger charge is -2.11. The van der Waals surface area contributed by atoms with Crippen molar-refractivity contribution >= 4 is 34.7 Å². The highest BCUT2D eigenvalue weighted by Gasteiger charge is 2.22. The number of hydrogen-bond acceptors (Lipinski definition) is 6. The van der Waals surface area contributed by atoms with Crippen LogP contribution in [0.25, 0.3) is 0 Å². The number of halogens is 1. The van der Waals surface area contributed by atoms with Crippen LogP contribution < -0.4 is 14.8 Å². The Hall–Kier alpha value is -3.13. The number of non-ortho nitro benzene ring substituents is 1. The van der Waals surface area contributed by atoms with E-state index in [2.05, 4.69) is 5.32 Å². The topological polar surface area (TPSA) is 108 Å². The number of ether oxygens (including phenoxy) is 2. The molecule has 2 aromatic carbocycles. The summed E-state index contributed by atoms with van der Waals surface area (Å²) in [6.45, 7) is 1.38. The van der Waals surface area contributed by atoms with Crippen LogP contribution >= 0.6 is 11.6 Å². The van der Waals surface area contributed by atoms with E-state index in [1.807, 2.05) is 0 Å². The normalized spacial score (nSPS) is 11.9. The van der Waals surface area contributed by atoms with Crippen molar-refractivity contribution in [3.63, 3.8) is 0 Å². The third kappa shape index (κ3) is 3.24. The molecule has 1 aliphatic rings. The molecule has 0 aliphatic carbocycles. The second-order valence-electron chi connectivity index (χ2n) is 5.18. The first-order valence-electron chi connectivity index (χ1n) is 7.06. The van der Waals surface area contributed by atoms with Crippen LogP contribution in [0.1, 0.15) is 27.6 Å². The van der Waals surface area contributed by atoms with E-state index in [1.165, 1.54) is 31.2 Å².